The van der Waals surface area contributed by atoms with Crippen LogP contribution in [0.25, 0.3) is 11.3 Å². The normalized spacial score (nSPS) is 12.4. The number of halogens is 3. The van der Waals surface area contributed by atoms with Gasteiger partial charge in [0.25, 0.3) is 0 Å². The summed E-state index contributed by atoms with van der Waals surface area (Å²) in [6.45, 7) is 0. The van der Waals surface area contributed by atoms with Gasteiger partial charge in [0, 0.05) is 44.5 Å². The number of alkyl halides is 3. The van der Waals surface area contributed by atoms with E-state index >= 15 is 0 Å². The first-order valence-corrected chi connectivity index (χ1v) is 10.7. The van der Waals surface area contributed by atoms with Gasteiger partial charge in [-0.3, -0.25) is 0 Å². The Labute approximate surface area is 173 Å². The van der Waals surface area contributed by atoms with Crippen LogP contribution in [0.3, 0.4) is 0 Å². The number of aryl methyl sites for hydroxylation is 1. The van der Waals surface area contributed by atoms with Crippen molar-refractivity contribution >= 4 is 30.9 Å². The smallest absolute Gasteiger partial charge is 0.340 e. The van der Waals surface area contributed by atoms with Gasteiger partial charge in [-0.25, -0.2) is 23.4 Å². The summed E-state index contributed by atoms with van der Waals surface area (Å²) < 4.78 is 66.4. The highest BCUT2D eigenvalue weighted by molar-refractivity contribution is 7.89. The Morgan fingerprint density at radius 3 is 2.40 bits per heavy atom. The molecule has 13 heteroatoms. The zero-order valence-electron chi connectivity index (χ0n) is 15.9. The highest BCUT2D eigenvalue weighted by atomic mass is 32.2. The van der Waals surface area contributed by atoms with Crippen LogP contribution in [0.2, 0.25) is 0 Å². The number of sulfonamides is 1. The molecule has 0 bridgehead atoms. The molecule has 3 rings (SSSR count). The van der Waals surface area contributed by atoms with Crippen LogP contribution in [0.5, 0.6) is 0 Å². The van der Waals surface area contributed by atoms with Crippen molar-refractivity contribution in [2.24, 2.45) is 7.05 Å². The van der Waals surface area contributed by atoms with E-state index < -0.39 is 21.8 Å². The molecule has 1 atom stereocenters. The molecule has 1 aromatic carbocycles. The summed E-state index contributed by atoms with van der Waals surface area (Å²) in [7, 11) is 1.81. The molecule has 0 amide bonds. The Balaban J connectivity index is 2.04. The van der Waals surface area contributed by atoms with Crippen molar-refractivity contribution in [1.29, 1.82) is 0 Å². The molecule has 2 aromatic heterocycles. The predicted octanol–water partition coefficient (Wildman–Crippen LogP) is 3.09. The van der Waals surface area contributed by atoms with E-state index in [9.17, 15) is 21.6 Å². The largest absolute Gasteiger partial charge is 0.419 e. The summed E-state index contributed by atoms with van der Waals surface area (Å²) >= 11 is 0. The standard InChI is InChI=1S/C17H18F3N6O2PS/c1-25-8-15(23-9-25)13-5-12(30(27,28)26(2)10-29)3-4-14(13)24-16-21-6-11(7-22-16)17(18,19)20/h3-9H,10,29H2,1-2H3,(H,21,22,24). The number of nitrogens with one attached hydrogen (secondary N) is 1. The fourth-order valence-electron chi connectivity index (χ4n) is 2.49. The Morgan fingerprint density at radius 2 is 1.87 bits per heavy atom. The lowest BCUT2D eigenvalue weighted by Crippen LogP contribution is -2.25. The van der Waals surface area contributed by atoms with Crippen molar-refractivity contribution in [3.63, 3.8) is 0 Å². The van der Waals surface area contributed by atoms with Crippen LogP contribution in [0.15, 0.2) is 48.0 Å². The third-order valence-corrected chi connectivity index (χ3v) is 6.79. The summed E-state index contributed by atoms with van der Waals surface area (Å²) in [5.41, 5.74) is 0.315. The summed E-state index contributed by atoms with van der Waals surface area (Å²) in [4.78, 5) is 11.7. The Kier molecular flexibility index (Phi) is 6.11. The molecule has 0 saturated carbocycles. The molecule has 2 heterocycles. The van der Waals surface area contributed by atoms with E-state index in [2.05, 4.69) is 29.5 Å². The first-order valence-electron chi connectivity index (χ1n) is 8.47. The predicted molar refractivity (Wildman–Crippen MR) is 108 cm³/mol. The number of rotatable bonds is 6. The van der Waals surface area contributed by atoms with E-state index in [4.69, 9.17) is 0 Å². The van der Waals surface area contributed by atoms with Gasteiger partial charge in [-0.1, -0.05) is 0 Å². The molecule has 0 aliphatic rings. The third kappa shape index (κ3) is 4.61. The monoisotopic (exact) mass is 458 g/mol. The van der Waals surface area contributed by atoms with Crippen LogP contribution < -0.4 is 5.32 Å². The van der Waals surface area contributed by atoms with E-state index in [1.807, 2.05) is 0 Å². The van der Waals surface area contributed by atoms with Crippen molar-refractivity contribution in [1.82, 2.24) is 23.8 Å². The molecule has 0 spiro atoms. The zero-order chi connectivity index (χ0) is 22.1. The summed E-state index contributed by atoms with van der Waals surface area (Å²) in [5, 5.41) is 2.83. The molecule has 0 aliphatic heterocycles. The molecule has 1 N–H and O–H groups in total. The molecule has 8 nitrogen and oxygen atoms in total. The SMILES string of the molecule is CN(CP)S(=O)(=O)c1ccc(Nc2ncc(C(F)(F)F)cn2)c(-c2cn(C)cn2)c1. The Morgan fingerprint density at radius 1 is 1.20 bits per heavy atom. The highest BCUT2D eigenvalue weighted by Gasteiger charge is 2.31. The van der Waals surface area contributed by atoms with Crippen LogP contribution in [0, 0.1) is 0 Å². The molecular formula is C17H18F3N6O2PS. The fourth-order valence-corrected chi connectivity index (χ4v) is 4.15. The highest BCUT2D eigenvalue weighted by Crippen LogP contribution is 2.33. The molecule has 0 saturated heterocycles. The van der Waals surface area contributed by atoms with Gasteiger partial charge in [-0.05, 0) is 18.2 Å². The van der Waals surface area contributed by atoms with Crippen LogP contribution >= 0.6 is 9.24 Å². The van der Waals surface area contributed by atoms with Crippen molar-refractivity contribution in [2.75, 3.05) is 18.7 Å². The molecule has 0 aliphatic carbocycles. The van der Waals surface area contributed by atoms with Crippen LogP contribution in [0.4, 0.5) is 24.8 Å². The number of hydrogen-bond acceptors (Lipinski definition) is 6. The van der Waals surface area contributed by atoms with Gasteiger partial charge >= 0.3 is 6.18 Å². The Bertz CT molecular complexity index is 1150. The third-order valence-electron chi connectivity index (χ3n) is 4.16. The number of imidazole rings is 1. The van der Waals surface area contributed by atoms with Gasteiger partial charge in [0.1, 0.15) is 0 Å². The first-order chi connectivity index (χ1) is 14.0. The maximum absolute atomic E-state index is 12.7. The second-order valence-corrected chi connectivity index (χ2v) is 8.75. The molecule has 160 valence electrons. The lowest BCUT2D eigenvalue weighted by atomic mass is 10.1. The van der Waals surface area contributed by atoms with E-state index in [-0.39, 0.29) is 17.1 Å². The second-order valence-electron chi connectivity index (χ2n) is 6.34. The molecule has 0 fully saturated rings. The summed E-state index contributed by atoms with van der Waals surface area (Å²) in [6.07, 6.45) is 0.233. The van der Waals surface area contributed by atoms with Crippen molar-refractivity contribution in [3.05, 3.63) is 48.7 Å². The van der Waals surface area contributed by atoms with Gasteiger partial charge in [0.15, 0.2) is 0 Å². The van der Waals surface area contributed by atoms with Gasteiger partial charge in [-0.2, -0.15) is 17.5 Å². The van der Waals surface area contributed by atoms with Gasteiger partial charge < -0.3 is 9.88 Å². The minimum Gasteiger partial charge on any atom is -0.340 e. The average Bonchev–Trinajstić information content (AvgIpc) is 3.13. The zero-order valence-corrected chi connectivity index (χ0v) is 17.9. The van der Waals surface area contributed by atoms with Crippen LogP contribution in [-0.4, -0.2) is 45.6 Å². The average molecular weight is 458 g/mol. The van der Waals surface area contributed by atoms with E-state index in [0.717, 1.165) is 0 Å². The minimum atomic E-state index is -4.54. The second kappa shape index (κ2) is 8.29. The maximum atomic E-state index is 12.7. The Hall–Kier alpha value is -2.56. The van der Waals surface area contributed by atoms with Gasteiger partial charge in [0.05, 0.1) is 28.2 Å². The van der Waals surface area contributed by atoms with E-state index in [0.29, 0.717) is 29.3 Å². The van der Waals surface area contributed by atoms with Crippen LogP contribution in [0.1, 0.15) is 5.56 Å². The number of benzene rings is 1. The number of aromatic nitrogens is 4. The van der Waals surface area contributed by atoms with Crippen molar-refractivity contribution < 1.29 is 21.6 Å². The van der Waals surface area contributed by atoms with E-state index in [1.165, 1.54) is 29.6 Å². The van der Waals surface area contributed by atoms with E-state index in [1.54, 1.807) is 24.1 Å². The molecular weight excluding hydrogens is 440 g/mol. The van der Waals surface area contributed by atoms with Crippen LogP contribution in [-0.2, 0) is 23.2 Å². The number of hydrogen-bond donors (Lipinski definition) is 1. The van der Waals surface area contributed by atoms with Crippen molar-refractivity contribution in [2.45, 2.75) is 11.1 Å². The topological polar surface area (TPSA) is 93.0 Å². The van der Waals surface area contributed by atoms with Gasteiger partial charge in [-0.15, -0.1) is 9.24 Å². The number of anilines is 2. The quantitative estimate of drug-likeness (QED) is 0.571. The first kappa shape index (κ1) is 22.1. The lowest BCUT2D eigenvalue weighted by Gasteiger charge is -2.17. The summed E-state index contributed by atoms with van der Waals surface area (Å²) in [5.74, 6) is -0.0714. The molecule has 3 aromatic rings. The molecule has 1 unspecified atom stereocenters. The van der Waals surface area contributed by atoms with Crippen molar-refractivity contribution in [3.8, 4) is 11.3 Å². The molecule has 0 radical (unpaired) electrons. The fraction of sp³-hybridized carbons (Fsp3) is 0.235. The number of nitrogens with zero attached hydrogens (tertiary/aromatic N) is 5. The minimum absolute atomic E-state index is 0.0481. The maximum Gasteiger partial charge on any atom is 0.419 e. The van der Waals surface area contributed by atoms with Gasteiger partial charge in [0.2, 0.25) is 16.0 Å². The molecule has 30 heavy (non-hydrogen) atoms. The lowest BCUT2D eigenvalue weighted by molar-refractivity contribution is -0.138. The summed E-state index contributed by atoms with van der Waals surface area (Å²) in [6, 6.07) is 4.33.